The van der Waals surface area contributed by atoms with Crippen molar-refractivity contribution in [2.24, 2.45) is 0 Å². The van der Waals surface area contributed by atoms with Crippen molar-refractivity contribution in [3.05, 3.63) is 158 Å². The summed E-state index contributed by atoms with van der Waals surface area (Å²) in [5.74, 6) is 0. The lowest BCUT2D eigenvalue weighted by molar-refractivity contribution is 0.669. The fourth-order valence-electron chi connectivity index (χ4n) is 8.10. The molecule has 0 spiro atoms. The third-order valence-corrected chi connectivity index (χ3v) is 10.1. The minimum Gasteiger partial charge on any atom is -0.456 e. The highest BCUT2D eigenvalue weighted by Crippen LogP contribution is 2.47. The van der Waals surface area contributed by atoms with Gasteiger partial charge in [-0.05, 0) is 99.7 Å². The second kappa shape index (κ2) is 9.12. The van der Waals surface area contributed by atoms with Crippen molar-refractivity contribution in [1.29, 1.82) is 0 Å². The Balaban J connectivity index is 1.12. The number of rotatable bonds is 4. The summed E-state index contributed by atoms with van der Waals surface area (Å²) in [4.78, 5) is 2.32. The van der Waals surface area contributed by atoms with Gasteiger partial charge in [0.1, 0.15) is 11.2 Å². The number of para-hydroxylation sites is 2. The summed E-state index contributed by atoms with van der Waals surface area (Å²) in [6.07, 6.45) is 0. The lowest BCUT2D eigenvalue weighted by Gasteiger charge is -2.26. The highest BCUT2D eigenvalue weighted by Gasteiger charge is 2.22. The Morgan fingerprint density at radius 2 is 1.02 bits per heavy atom. The Bertz CT molecular complexity index is 2950. The van der Waals surface area contributed by atoms with Gasteiger partial charge in [0.25, 0.3) is 0 Å². The molecule has 0 amide bonds. The molecule has 0 aliphatic carbocycles. The van der Waals surface area contributed by atoms with Gasteiger partial charge in [-0.15, -0.1) is 0 Å². The van der Waals surface area contributed by atoms with Crippen molar-refractivity contribution in [3.63, 3.8) is 0 Å². The van der Waals surface area contributed by atoms with Crippen molar-refractivity contribution in [2.75, 3.05) is 4.90 Å². The van der Waals surface area contributed by atoms with E-state index in [9.17, 15) is 0 Å². The first-order valence-electron chi connectivity index (χ1n) is 16.1. The summed E-state index contributed by atoms with van der Waals surface area (Å²) in [5, 5.41) is 12.9. The molecule has 0 saturated heterocycles. The van der Waals surface area contributed by atoms with E-state index in [4.69, 9.17) is 4.42 Å². The first-order chi connectivity index (χ1) is 23.3. The van der Waals surface area contributed by atoms with Gasteiger partial charge >= 0.3 is 0 Å². The molecule has 0 N–H and O–H groups in total. The average Bonchev–Trinajstić information content (AvgIpc) is 3.68. The number of anilines is 3. The number of benzene rings is 9. The Morgan fingerprint density at radius 1 is 0.383 bits per heavy atom. The predicted octanol–water partition coefficient (Wildman–Crippen LogP) is 12.5. The highest BCUT2D eigenvalue weighted by molar-refractivity contribution is 6.40. The monoisotopic (exact) mass is 598 g/mol. The van der Waals surface area contributed by atoms with Gasteiger partial charge < -0.3 is 13.9 Å². The SMILES string of the molecule is c1ccc(N(c2ccc(-n3c4cccc5c6cccc7ccc8ccc3c(c8c76)c54)cc2)c2ccc3oc4ccccc4c3c2)cc1. The Kier molecular flexibility index (Phi) is 4.84. The van der Waals surface area contributed by atoms with Crippen LogP contribution >= 0.6 is 0 Å². The van der Waals surface area contributed by atoms with E-state index in [1.165, 1.54) is 54.1 Å². The number of aromatic nitrogens is 1. The van der Waals surface area contributed by atoms with Gasteiger partial charge in [0.15, 0.2) is 0 Å². The molecule has 0 aliphatic rings. The van der Waals surface area contributed by atoms with Crippen LogP contribution in [0.5, 0.6) is 0 Å². The van der Waals surface area contributed by atoms with Gasteiger partial charge in [-0.3, -0.25) is 0 Å². The van der Waals surface area contributed by atoms with Crippen LogP contribution in [0.1, 0.15) is 0 Å². The van der Waals surface area contributed by atoms with Crippen LogP contribution in [-0.2, 0) is 0 Å². The van der Waals surface area contributed by atoms with E-state index in [0.29, 0.717) is 0 Å². The van der Waals surface area contributed by atoms with Crippen LogP contribution in [0.15, 0.2) is 162 Å². The zero-order valence-electron chi connectivity index (χ0n) is 25.3. The smallest absolute Gasteiger partial charge is 0.135 e. The highest BCUT2D eigenvalue weighted by atomic mass is 16.3. The fraction of sp³-hybridized carbons (Fsp3) is 0. The second-order valence-corrected chi connectivity index (χ2v) is 12.5. The molecule has 11 aromatic rings. The lowest BCUT2D eigenvalue weighted by Crippen LogP contribution is -2.09. The van der Waals surface area contributed by atoms with Gasteiger partial charge in [0.05, 0.1) is 11.0 Å². The number of fused-ring (bicyclic) bond motifs is 4. The maximum atomic E-state index is 6.16. The van der Waals surface area contributed by atoms with Crippen LogP contribution in [0.25, 0.3) is 81.7 Å². The maximum Gasteiger partial charge on any atom is 0.135 e. The Hall–Kier alpha value is -6.32. The first kappa shape index (κ1) is 24.9. The van der Waals surface area contributed by atoms with Gasteiger partial charge in [0.2, 0.25) is 0 Å². The molecule has 0 saturated carbocycles. The molecule has 9 aromatic carbocycles. The number of furan rings is 1. The van der Waals surface area contributed by atoms with Gasteiger partial charge in [-0.25, -0.2) is 0 Å². The summed E-state index contributed by atoms with van der Waals surface area (Å²) in [6.45, 7) is 0. The molecule has 0 aliphatic heterocycles. The van der Waals surface area contributed by atoms with E-state index in [2.05, 4.69) is 155 Å². The van der Waals surface area contributed by atoms with Gasteiger partial charge in [-0.1, -0.05) is 84.9 Å². The van der Waals surface area contributed by atoms with Crippen molar-refractivity contribution in [3.8, 4) is 5.69 Å². The van der Waals surface area contributed by atoms with Gasteiger partial charge in [-0.2, -0.15) is 0 Å². The van der Waals surface area contributed by atoms with E-state index in [1.807, 2.05) is 12.1 Å². The minimum absolute atomic E-state index is 0.897. The first-order valence-corrected chi connectivity index (χ1v) is 16.1. The van der Waals surface area contributed by atoms with Crippen molar-refractivity contribution >= 4 is 93.1 Å². The van der Waals surface area contributed by atoms with Crippen LogP contribution in [0.2, 0.25) is 0 Å². The standard InChI is InChI=1S/C44H26N2O/c1-2-9-29(10-3-1)45(32-23-25-40-36(26-32)33-11-4-5-15-39(33)47-40)30-19-21-31(22-20-30)46-37-14-7-13-35-34-12-6-8-27-16-17-28-18-24-38(46)44(43(35)37)42(28)41(27)34/h1-26H. The molecule has 3 nitrogen and oxygen atoms in total. The zero-order chi connectivity index (χ0) is 30.6. The summed E-state index contributed by atoms with van der Waals surface area (Å²) in [5.41, 5.74) is 8.72. The molecule has 0 atom stereocenters. The summed E-state index contributed by atoms with van der Waals surface area (Å²) < 4.78 is 8.60. The third-order valence-electron chi connectivity index (χ3n) is 10.1. The molecule has 2 heterocycles. The van der Waals surface area contributed by atoms with E-state index in [1.54, 1.807) is 0 Å². The largest absolute Gasteiger partial charge is 0.456 e. The van der Waals surface area contributed by atoms with Crippen LogP contribution in [0, 0.1) is 0 Å². The van der Waals surface area contributed by atoms with Crippen molar-refractivity contribution in [1.82, 2.24) is 4.57 Å². The summed E-state index contributed by atoms with van der Waals surface area (Å²) >= 11 is 0. The van der Waals surface area contributed by atoms with Crippen molar-refractivity contribution in [2.45, 2.75) is 0 Å². The molecule has 3 heteroatoms. The van der Waals surface area contributed by atoms with Crippen molar-refractivity contribution < 1.29 is 4.42 Å². The molecule has 0 radical (unpaired) electrons. The summed E-state index contributed by atoms with van der Waals surface area (Å²) in [7, 11) is 0. The van der Waals surface area contributed by atoms with E-state index >= 15 is 0 Å². The molecule has 0 bridgehead atoms. The van der Waals surface area contributed by atoms with Gasteiger partial charge in [0, 0.05) is 49.7 Å². The fourth-order valence-corrected chi connectivity index (χ4v) is 8.10. The molecule has 0 fully saturated rings. The zero-order valence-corrected chi connectivity index (χ0v) is 25.3. The molecule has 11 rings (SSSR count). The number of nitrogens with zero attached hydrogens (tertiary/aromatic N) is 2. The lowest BCUT2D eigenvalue weighted by atomic mass is 9.89. The average molecular weight is 599 g/mol. The Morgan fingerprint density at radius 3 is 1.89 bits per heavy atom. The van der Waals surface area contributed by atoms with Crippen LogP contribution in [0.3, 0.4) is 0 Å². The molecule has 218 valence electrons. The summed E-state index contributed by atoms with van der Waals surface area (Å²) in [6, 6.07) is 57.0. The number of hydrogen-bond donors (Lipinski definition) is 0. The van der Waals surface area contributed by atoms with E-state index in [0.717, 1.165) is 44.7 Å². The maximum absolute atomic E-state index is 6.16. The predicted molar refractivity (Wildman–Crippen MR) is 198 cm³/mol. The minimum atomic E-state index is 0.897. The van der Waals surface area contributed by atoms with E-state index in [-0.39, 0.29) is 0 Å². The normalized spacial score (nSPS) is 12.3. The van der Waals surface area contributed by atoms with Crippen LogP contribution in [-0.4, -0.2) is 4.57 Å². The topological polar surface area (TPSA) is 21.3 Å². The molecule has 0 unspecified atom stereocenters. The Labute approximate surface area is 269 Å². The van der Waals surface area contributed by atoms with E-state index < -0.39 is 0 Å². The molecular formula is C44H26N2O. The quantitative estimate of drug-likeness (QED) is 0.148. The molecule has 47 heavy (non-hydrogen) atoms. The van der Waals surface area contributed by atoms with Crippen LogP contribution < -0.4 is 4.90 Å². The molecule has 2 aromatic heterocycles. The molecular weight excluding hydrogens is 572 g/mol. The van der Waals surface area contributed by atoms with Crippen LogP contribution in [0.4, 0.5) is 17.1 Å². The number of hydrogen-bond acceptors (Lipinski definition) is 2. The third kappa shape index (κ3) is 3.35. The second-order valence-electron chi connectivity index (χ2n) is 12.5.